The highest BCUT2D eigenvalue weighted by Crippen LogP contribution is 2.56. The van der Waals surface area contributed by atoms with Crippen molar-refractivity contribution >= 4 is 221 Å². The number of anilines is 12. The Bertz CT molecular complexity index is 7700. The van der Waals surface area contributed by atoms with Gasteiger partial charge in [-0.25, -0.2) is 0 Å². The van der Waals surface area contributed by atoms with E-state index >= 15 is 0 Å². The maximum absolute atomic E-state index is 6.75. The van der Waals surface area contributed by atoms with Gasteiger partial charge in [-0.1, -0.05) is 282 Å². The van der Waals surface area contributed by atoms with E-state index in [2.05, 4.69) is 401 Å². The molecule has 0 unspecified atom stereocenters. The van der Waals surface area contributed by atoms with Gasteiger partial charge in [-0.3, -0.25) is 0 Å². The maximum Gasteiger partial charge on any atom is 0.159 e. The number of hydrogen-bond acceptors (Lipinski definition) is 8. The number of furan rings is 4. The number of hydrogen-bond donors (Lipinski definition) is 0. The summed E-state index contributed by atoms with van der Waals surface area (Å²) >= 11 is 0. The van der Waals surface area contributed by atoms with Crippen LogP contribution in [0.25, 0.3) is 152 Å². The van der Waals surface area contributed by atoms with Crippen LogP contribution in [0.1, 0.15) is 61.8 Å². The van der Waals surface area contributed by atoms with Crippen molar-refractivity contribution in [3.05, 3.63) is 386 Å². The standard InChI is InChI=1S/C58H44N2O2.C54H36N2O2/c1-35(2)37-25-29-41(30-26-37)59(49-21-11-17-45-43-15-5-7-23-53(43)61-57(45)49)51-33-39-13-10-20-48-52(34-40-14-9-19-47(51)55(40)56(39)48)60(42-31-27-38(28-32-42)36(3)4)50-22-12-18-46-44-16-6-8-24-54(44)62-58(46)50;1-33-15-3-7-25-43(33)55(45-27-13-21-39-37-19-5-9-29-49(37)57-53(39)45)47-31-35-17-12-24-42-48(32-36-18-11-23-41(47)51(36)52(35)42)56(44-26-8-4-16-34(44)2)46-28-14-22-40-38-20-6-10-30-50(38)58-54(40)46/h5-36H,1-4H3;3-32H,1-2H3. The number of benzene rings is 20. The SMILES string of the molecule is CC(C)c1ccc(N(c2cc3cccc4c(N(c5ccc(C(C)C)cc5)c5cccc6c5oc5ccccc56)cc5cccc2c5c34)c2cccc3c2oc2ccccc23)cc1.Cc1ccccc1N(c1cc2cccc3c(N(c4ccccc4C)c4cccc5c4oc4ccccc45)cc4cccc1c4c23)c1cccc2c1oc1ccccc12. The maximum atomic E-state index is 6.75. The summed E-state index contributed by atoms with van der Waals surface area (Å²) in [5.74, 6) is 0.841. The molecular formula is C112H80N4O4. The van der Waals surface area contributed by atoms with Crippen molar-refractivity contribution in [1.82, 2.24) is 0 Å². The number of nitrogens with zero attached hydrogens (tertiary/aromatic N) is 4. The molecule has 4 heterocycles. The van der Waals surface area contributed by atoms with Crippen LogP contribution in [0.3, 0.4) is 0 Å². The quantitative estimate of drug-likeness (QED) is 0.0998. The lowest BCUT2D eigenvalue weighted by atomic mass is 9.90. The Labute approximate surface area is 693 Å². The molecule has 572 valence electrons. The molecule has 0 fully saturated rings. The summed E-state index contributed by atoms with van der Waals surface area (Å²) in [6, 6.07) is 131. The van der Waals surface area contributed by atoms with Crippen molar-refractivity contribution in [2.45, 2.75) is 53.4 Å². The third-order valence-electron chi connectivity index (χ3n) is 25.0. The van der Waals surface area contributed by atoms with Gasteiger partial charge in [0.15, 0.2) is 22.3 Å². The largest absolute Gasteiger partial charge is 0.454 e. The zero-order valence-electron chi connectivity index (χ0n) is 67.2. The molecule has 0 amide bonds. The van der Waals surface area contributed by atoms with Gasteiger partial charge in [-0.05, 0) is 200 Å². The number of rotatable bonds is 14. The summed E-state index contributed by atoms with van der Waals surface area (Å²) in [6.07, 6.45) is 0. The van der Waals surface area contributed by atoms with Crippen molar-refractivity contribution < 1.29 is 17.7 Å². The number of aryl methyl sites for hydroxylation is 2. The molecule has 0 radical (unpaired) electrons. The molecule has 4 aromatic heterocycles. The fraction of sp³-hybridized carbons (Fsp3) is 0.0714. The van der Waals surface area contributed by atoms with E-state index in [4.69, 9.17) is 17.7 Å². The molecule has 120 heavy (non-hydrogen) atoms. The van der Waals surface area contributed by atoms with Crippen LogP contribution in [-0.2, 0) is 0 Å². The molecule has 0 aliphatic rings. The molecule has 0 atom stereocenters. The summed E-state index contributed by atoms with van der Waals surface area (Å²) in [7, 11) is 0. The van der Waals surface area contributed by atoms with Gasteiger partial charge in [0.1, 0.15) is 22.3 Å². The first-order chi connectivity index (χ1) is 59.0. The van der Waals surface area contributed by atoms with Gasteiger partial charge in [0, 0.05) is 87.4 Å². The fourth-order valence-electron chi connectivity index (χ4n) is 19.2. The highest BCUT2D eigenvalue weighted by Gasteiger charge is 2.31. The molecule has 0 saturated carbocycles. The smallest absolute Gasteiger partial charge is 0.159 e. The predicted molar refractivity (Wildman–Crippen MR) is 506 cm³/mol. The van der Waals surface area contributed by atoms with Crippen LogP contribution in [0.4, 0.5) is 68.2 Å². The highest BCUT2D eigenvalue weighted by atomic mass is 16.3. The first-order valence-corrected chi connectivity index (χ1v) is 41.6. The van der Waals surface area contributed by atoms with Crippen molar-refractivity contribution in [3.8, 4) is 0 Å². The summed E-state index contributed by atoms with van der Waals surface area (Å²) in [5, 5.41) is 23.2. The van der Waals surface area contributed by atoms with Crippen molar-refractivity contribution in [1.29, 1.82) is 0 Å². The Morgan fingerprint density at radius 2 is 0.417 bits per heavy atom. The summed E-state index contributed by atoms with van der Waals surface area (Å²) in [6.45, 7) is 13.4. The molecular weight excluding hydrogens is 1470 g/mol. The molecule has 0 N–H and O–H groups in total. The average Bonchev–Trinajstić information content (AvgIpc) is 0.958. The Kier molecular flexibility index (Phi) is 16.3. The van der Waals surface area contributed by atoms with Gasteiger partial charge in [0.2, 0.25) is 0 Å². The van der Waals surface area contributed by atoms with E-state index < -0.39 is 0 Å². The van der Waals surface area contributed by atoms with Crippen LogP contribution < -0.4 is 19.6 Å². The lowest BCUT2D eigenvalue weighted by molar-refractivity contribution is 0.668. The van der Waals surface area contributed by atoms with E-state index in [1.807, 2.05) is 24.3 Å². The molecule has 0 aliphatic heterocycles. The van der Waals surface area contributed by atoms with E-state index in [0.717, 1.165) is 156 Å². The monoisotopic (exact) mass is 1540 g/mol. The predicted octanol–water partition coefficient (Wildman–Crippen LogP) is 33.5. The minimum absolute atomic E-state index is 0.421. The first kappa shape index (κ1) is 70.3. The fourth-order valence-corrected chi connectivity index (χ4v) is 19.2. The van der Waals surface area contributed by atoms with Crippen molar-refractivity contribution in [2.75, 3.05) is 19.6 Å². The topological polar surface area (TPSA) is 65.5 Å². The van der Waals surface area contributed by atoms with E-state index in [1.165, 1.54) is 86.9 Å². The Morgan fingerprint density at radius 1 is 0.192 bits per heavy atom. The van der Waals surface area contributed by atoms with Crippen LogP contribution in [0.15, 0.2) is 382 Å². The molecule has 24 rings (SSSR count). The minimum atomic E-state index is 0.421. The Morgan fingerprint density at radius 3 is 0.700 bits per heavy atom. The van der Waals surface area contributed by atoms with E-state index in [9.17, 15) is 0 Å². The molecule has 24 aromatic rings. The van der Waals surface area contributed by atoms with Gasteiger partial charge in [-0.15, -0.1) is 0 Å². The van der Waals surface area contributed by atoms with Gasteiger partial charge in [0.25, 0.3) is 0 Å². The van der Waals surface area contributed by atoms with Gasteiger partial charge in [-0.2, -0.15) is 0 Å². The van der Waals surface area contributed by atoms with Crippen LogP contribution >= 0.6 is 0 Å². The Balaban J connectivity index is 0.000000140. The molecule has 0 bridgehead atoms. The number of fused-ring (bicyclic) bond motifs is 12. The average molecular weight is 1550 g/mol. The highest BCUT2D eigenvalue weighted by molar-refractivity contribution is 6.32. The second kappa shape index (κ2) is 27.8. The van der Waals surface area contributed by atoms with E-state index in [1.54, 1.807) is 0 Å². The zero-order valence-corrected chi connectivity index (χ0v) is 67.2. The second-order valence-corrected chi connectivity index (χ2v) is 32.6. The Hall–Kier alpha value is -15.1. The van der Waals surface area contributed by atoms with Gasteiger partial charge in [0.05, 0.1) is 45.5 Å². The van der Waals surface area contributed by atoms with Crippen molar-refractivity contribution in [2.24, 2.45) is 0 Å². The normalized spacial score (nSPS) is 12.1. The minimum Gasteiger partial charge on any atom is -0.454 e. The molecule has 8 nitrogen and oxygen atoms in total. The lowest BCUT2D eigenvalue weighted by Gasteiger charge is -2.31. The molecule has 8 heteroatoms. The second-order valence-electron chi connectivity index (χ2n) is 32.6. The zero-order chi connectivity index (χ0) is 80.1. The van der Waals surface area contributed by atoms with Gasteiger partial charge >= 0.3 is 0 Å². The van der Waals surface area contributed by atoms with Crippen LogP contribution in [0.2, 0.25) is 0 Å². The lowest BCUT2D eigenvalue weighted by Crippen LogP contribution is -2.13. The molecule has 0 spiro atoms. The molecule has 20 aromatic carbocycles. The molecule has 0 aliphatic carbocycles. The third kappa shape index (κ3) is 11.0. The summed E-state index contributed by atoms with van der Waals surface area (Å²) < 4.78 is 26.9. The van der Waals surface area contributed by atoms with E-state index in [0.29, 0.717) is 11.8 Å². The molecule has 0 saturated heterocycles. The third-order valence-corrected chi connectivity index (χ3v) is 25.0. The van der Waals surface area contributed by atoms with E-state index in [-0.39, 0.29) is 0 Å². The first-order valence-electron chi connectivity index (χ1n) is 41.6. The van der Waals surface area contributed by atoms with Crippen molar-refractivity contribution in [3.63, 3.8) is 0 Å². The summed E-state index contributed by atoms with van der Waals surface area (Å²) in [4.78, 5) is 9.63. The number of para-hydroxylation sites is 10. The van der Waals surface area contributed by atoms with Gasteiger partial charge < -0.3 is 37.3 Å². The van der Waals surface area contributed by atoms with Crippen LogP contribution in [-0.4, -0.2) is 0 Å². The summed E-state index contributed by atoms with van der Waals surface area (Å²) in [5.41, 5.74) is 24.7. The van der Waals surface area contributed by atoms with Crippen LogP contribution in [0, 0.1) is 13.8 Å². The van der Waals surface area contributed by atoms with Crippen LogP contribution in [0.5, 0.6) is 0 Å².